The molecular weight excluding hydrogens is 381 g/mol. The van der Waals surface area contributed by atoms with Crippen molar-refractivity contribution in [1.29, 1.82) is 0 Å². The van der Waals surface area contributed by atoms with Crippen LogP contribution in [-0.2, 0) is 11.8 Å². The molecule has 1 fully saturated rings. The molecule has 150 valence electrons. The average Bonchev–Trinajstić information content (AvgIpc) is 3.03. The molecular formula is C19H24FN5O2S. The molecule has 28 heavy (non-hydrogen) atoms. The Balaban J connectivity index is 1.52. The first-order chi connectivity index (χ1) is 13.5. The summed E-state index contributed by atoms with van der Waals surface area (Å²) in [6.07, 6.45) is 4.30. The van der Waals surface area contributed by atoms with Crippen molar-refractivity contribution < 1.29 is 14.0 Å². The number of aromatic nitrogens is 3. The minimum atomic E-state index is -0.464. The van der Waals surface area contributed by atoms with Gasteiger partial charge in [-0.25, -0.2) is 9.18 Å². The molecule has 2 aromatic rings. The van der Waals surface area contributed by atoms with Gasteiger partial charge in [-0.15, -0.1) is 10.2 Å². The van der Waals surface area contributed by atoms with Crippen molar-refractivity contribution in [2.24, 2.45) is 13.0 Å². The standard InChI is InChI=1S/C19H24FN5O2S/c1-12-7-3-6-10-15(12)21-18(27)22-16(26)11-28-19-24-23-17(25(19)2)13-8-4-5-9-14(13)20/h4-5,8-9,12,15H,3,6-7,10-11H2,1-2H3,(H2,21,22,26,27)/t12-,15-/m0/s1. The number of imide groups is 1. The number of hydrogen-bond acceptors (Lipinski definition) is 5. The lowest BCUT2D eigenvalue weighted by molar-refractivity contribution is -0.117. The van der Waals surface area contributed by atoms with Crippen LogP contribution in [0.25, 0.3) is 11.4 Å². The number of thioether (sulfide) groups is 1. The Morgan fingerprint density at radius 2 is 2.00 bits per heavy atom. The van der Waals surface area contributed by atoms with E-state index in [1.165, 1.54) is 12.5 Å². The van der Waals surface area contributed by atoms with Gasteiger partial charge in [0.2, 0.25) is 5.91 Å². The monoisotopic (exact) mass is 405 g/mol. The van der Waals surface area contributed by atoms with E-state index in [-0.39, 0.29) is 17.6 Å². The van der Waals surface area contributed by atoms with Gasteiger partial charge in [-0.3, -0.25) is 10.1 Å². The van der Waals surface area contributed by atoms with E-state index >= 15 is 0 Å². The number of benzene rings is 1. The number of halogens is 1. The Morgan fingerprint density at radius 1 is 1.25 bits per heavy atom. The zero-order valence-electron chi connectivity index (χ0n) is 15.9. The minimum Gasteiger partial charge on any atom is -0.335 e. The summed E-state index contributed by atoms with van der Waals surface area (Å²) in [5, 5.41) is 13.7. The summed E-state index contributed by atoms with van der Waals surface area (Å²) >= 11 is 1.14. The quantitative estimate of drug-likeness (QED) is 0.746. The molecule has 0 unspecified atom stereocenters. The second-order valence-electron chi connectivity index (χ2n) is 7.02. The maximum absolute atomic E-state index is 13.9. The van der Waals surface area contributed by atoms with Crippen molar-refractivity contribution in [3.8, 4) is 11.4 Å². The van der Waals surface area contributed by atoms with Crippen LogP contribution in [-0.4, -0.2) is 38.5 Å². The lowest BCUT2D eigenvalue weighted by Crippen LogP contribution is -2.48. The zero-order valence-corrected chi connectivity index (χ0v) is 16.8. The fourth-order valence-electron chi connectivity index (χ4n) is 3.35. The average molecular weight is 405 g/mol. The van der Waals surface area contributed by atoms with Gasteiger partial charge in [0.15, 0.2) is 11.0 Å². The molecule has 1 aliphatic carbocycles. The molecule has 0 bridgehead atoms. The number of carbonyl (C=O) groups excluding carboxylic acids is 2. The lowest BCUT2D eigenvalue weighted by atomic mass is 9.86. The van der Waals surface area contributed by atoms with Crippen molar-refractivity contribution in [2.75, 3.05) is 5.75 Å². The maximum Gasteiger partial charge on any atom is 0.321 e. The van der Waals surface area contributed by atoms with Crippen LogP contribution in [0.1, 0.15) is 32.6 Å². The number of nitrogens with one attached hydrogen (secondary N) is 2. The number of hydrogen-bond donors (Lipinski definition) is 2. The van der Waals surface area contributed by atoms with Crippen molar-refractivity contribution >= 4 is 23.7 Å². The van der Waals surface area contributed by atoms with Gasteiger partial charge in [-0.1, -0.05) is 43.7 Å². The van der Waals surface area contributed by atoms with Crippen LogP contribution in [0.15, 0.2) is 29.4 Å². The van der Waals surface area contributed by atoms with Gasteiger partial charge in [-0.05, 0) is 30.9 Å². The van der Waals surface area contributed by atoms with E-state index in [1.807, 2.05) is 0 Å². The molecule has 7 nitrogen and oxygen atoms in total. The summed E-state index contributed by atoms with van der Waals surface area (Å²) in [7, 11) is 1.71. The van der Waals surface area contributed by atoms with E-state index in [4.69, 9.17) is 0 Å². The van der Waals surface area contributed by atoms with Crippen LogP contribution < -0.4 is 10.6 Å². The summed E-state index contributed by atoms with van der Waals surface area (Å²) in [6, 6.07) is 5.95. The second kappa shape index (κ2) is 9.18. The molecule has 0 saturated heterocycles. The third-order valence-corrected chi connectivity index (χ3v) is 5.98. The second-order valence-corrected chi connectivity index (χ2v) is 7.97. The Bertz CT molecular complexity index is 857. The largest absolute Gasteiger partial charge is 0.335 e. The van der Waals surface area contributed by atoms with Crippen LogP contribution in [0.3, 0.4) is 0 Å². The van der Waals surface area contributed by atoms with Crippen LogP contribution in [0.4, 0.5) is 9.18 Å². The highest BCUT2D eigenvalue weighted by Crippen LogP contribution is 2.25. The van der Waals surface area contributed by atoms with Gasteiger partial charge in [0.1, 0.15) is 5.82 Å². The SMILES string of the molecule is C[C@H]1CCCC[C@@H]1NC(=O)NC(=O)CSc1nnc(-c2ccccc2F)n1C. The third-order valence-electron chi connectivity index (χ3n) is 4.96. The fraction of sp³-hybridized carbons (Fsp3) is 0.474. The van der Waals surface area contributed by atoms with Crippen LogP contribution in [0.5, 0.6) is 0 Å². The molecule has 0 radical (unpaired) electrons. The summed E-state index contributed by atoms with van der Waals surface area (Å²) in [6.45, 7) is 2.11. The summed E-state index contributed by atoms with van der Waals surface area (Å²) in [4.78, 5) is 24.1. The normalized spacial score (nSPS) is 19.2. The van der Waals surface area contributed by atoms with Gasteiger partial charge in [0.05, 0.1) is 11.3 Å². The van der Waals surface area contributed by atoms with Crippen LogP contribution >= 0.6 is 11.8 Å². The lowest BCUT2D eigenvalue weighted by Gasteiger charge is -2.29. The van der Waals surface area contributed by atoms with E-state index in [0.717, 1.165) is 31.0 Å². The van der Waals surface area contributed by atoms with E-state index in [2.05, 4.69) is 27.8 Å². The Kier molecular flexibility index (Phi) is 6.66. The van der Waals surface area contributed by atoms with Crippen molar-refractivity contribution in [3.63, 3.8) is 0 Å². The van der Waals surface area contributed by atoms with Crippen molar-refractivity contribution in [1.82, 2.24) is 25.4 Å². The highest BCUT2D eigenvalue weighted by molar-refractivity contribution is 7.99. The molecule has 1 heterocycles. The molecule has 3 rings (SSSR count). The van der Waals surface area contributed by atoms with Gasteiger partial charge in [0.25, 0.3) is 0 Å². The van der Waals surface area contributed by atoms with E-state index in [9.17, 15) is 14.0 Å². The number of urea groups is 1. The van der Waals surface area contributed by atoms with Crippen LogP contribution in [0.2, 0.25) is 0 Å². The van der Waals surface area contributed by atoms with Crippen molar-refractivity contribution in [2.45, 2.75) is 43.8 Å². The molecule has 1 aromatic carbocycles. The van der Waals surface area contributed by atoms with E-state index < -0.39 is 11.9 Å². The predicted molar refractivity (Wildman–Crippen MR) is 105 cm³/mol. The molecule has 2 atom stereocenters. The molecule has 1 saturated carbocycles. The molecule has 0 spiro atoms. The molecule has 3 amide bonds. The molecule has 1 aromatic heterocycles. The first-order valence-electron chi connectivity index (χ1n) is 9.33. The number of rotatable bonds is 5. The minimum absolute atomic E-state index is 0.0108. The predicted octanol–water partition coefficient (Wildman–Crippen LogP) is 3.12. The van der Waals surface area contributed by atoms with Gasteiger partial charge >= 0.3 is 6.03 Å². The third kappa shape index (κ3) is 4.89. The summed E-state index contributed by atoms with van der Waals surface area (Å²) in [5.74, 6) is 0.00318. The maximum atomic E-state index is 13.9. The van der Waals surface area contributed by atoms with Gasteiger partial charge in [0, 0.05) is 13.1 Å². The molecule has 2 N–H and O–H groups in total. The number of carbonyl (C=O) groups is 2. The zero-order chi connectivity index (χ0) is 20.1. The van der Waals surface area contributed by atoms with Gasteiger partial charge in [-0.2, -0.15) is 0 Å². The first-order valence-corrected chi connectivity index (χ1v) is 10.3. The molecule has 9 heteroatoms. The van der Waals surface area contributed by atoms with Gasteiger partial charge < -0.3 is 9.88 Å². The fourth-order valence-corrected chi connectivity index (χ4v) is 4.06. The topological polar surface area (TPSA) is 88.9 Å². The van der Waals surface area contributed by atoms with E-state index in [1.54, 1.807) is 29.8 Å². The number of amides is 3. The molecule has 0 aliphatic heterocycles. The van der Waals surface area contributed by atoms with Crippen LogP contribution in [0, 0.1) is 11.7 Å². The Hall–Kier alpha value is -2.42. The number of nitrogens with zero attached hydrogens (tertiary/aromatic N) is 3. The Morgan fingerprint density at radius 3 is 2.75 bits per heavy atom. The van der Waals surface area contributed by atoms with E-state index in [0.29, 0.717) is 22.5 Å². The highest BCUT2D eigenvalue weighted by atomic mass is 32.2. The first kappa shape index (κ1) is 20.3. The summed E-state index contributed by atoms with van der Waals surface area (Å²) in [5.41, 5.74) is 0.342. The van der Waals surface area contributed by atoms with Crippen molar-refractivity contribution in [3.05, 3.63) is 30.1 Å². The summed E-state index contributed by atoms with van der Waals surface area (Å²) < 4.78 is 15.6. The molecule has 1 aliphatic rings. The highest BCUT2D eigenvalue weighted by Gasteiger charge is 2.23. The Labute approximate surface area is 167 Å². The smallest absolute Gasteiger partial charge is 0.321 e.